The highest BCUT2D eigenvalue weighted by Gasteiger charge is 2.25. The number of amides is 1. The summed E-state index contributed by atoms with van der Waals surface area (Å²) < 4.78 is 31.6. The van der Waals surface area contributed by atoms with Crippen LogP contribution in [-0.4, -0.2) is 20.1 Å². The Morgan fingerprint density at radius 2 is 1.65 bits per heavy atom. The third-order valence-corrected chi connectivity index (χ3v) is 4.23. The second kappa shape index (κ2) is 5.73. The lowest BCUT2D eigenvalue weighted by molar-refractivity contribution is 0.100. The van der Waals surface area contributed by atoms with Gasteiger partial charge in [0.2, 0.25) is 5.82 Å². The normalized spacial score (nSPS) is 11.2. The maximum atomic E-state index is 14.6. The van der Waals surface area contributed by atoms with E-state index in [0.29, 0.717) is 10.9 Å². The summed E-state index contributed by atoms with van der Waals surface area (Å²) in [5.74, 6) is -3.79. The lowest BCUT2D eigenvalue weighted by Gasteiger charge is -2.14. The molecule has 130 valence electrons. The zero-order valence-corrected chi connectivity index (χ0v) is 13.4. The van der Waals surface area contributed by atoms with Crippen molar-refractivity contribution in [2.24, 2.45) is 5.73 Å². The lowest BCUT2D eigenvalue weighted by atomic mass is 10.1. The Kier molecular flexibility index (Phi) is 3.50. The molecule has 0 atom stereocenters. The van der Waals surface area contributed by atoms with Crippen LogP contribution < -0.4 is 5.73 Å². The molecule has 26 heavy (non-hydrogen) atoms. The second-order valence-electron chi connectivity index (χ2n) is 5.74. The molecule has 2 aromatic carbocycles. The van der Waals surface area contributed by atoms with Crippen LogP contribution >= 0.6 is 0 Å². The molecule has 3 N–H and O–H groups in total. The highest BCUT2D eigenvalue weighted by Crippen LogP contribution is 2.34. The number of nitrogens with zero attached hydrogens (tertiary/aromatic N) is 2. The van der Waals surface area contributed by atoms with E-state index in [2.05, 4.69) is 0 Å². The van der Waals surface area contributed by atoms with E-state index in [1.54, 1.807) is 53.4 Å². The SMILES string of the molecule is NC(=O)c1c(-n2cccc2)n(-c2ccc(O)c(F)c2F)c2ccccc12. The van der Waals surface area contributed by atoms with Crippen LogP contribution in [0.15, 0.2) is 60.9 Å². The molecule has 5 nitrogen and oxygen atoms in total. The summed E-state index contributed by atoms with van der Waals surface area (Å²) in [6.07, 6.45) is 3.34. The number of benzene rings is 2. The maximum absolute atomic E-state index is 14.6. The van der Waals surface area contributed by atoms with Crippen molar-refractivity contribution in [2.75, 3.05) is 0 Å². The van der Waals surface area contributed by atoms with E-state index in [1.807, 2.05) is 0 Å². The fourth-order valence-electron chi connectivity index (χ4n) is 3.14. The molecule has 0 radical (unpaired) electrons. The minimum absolute atomic E-state index is 0.146. The summed E-state index contributed by atoms with van der Waals surface area (Å²) in [5, 5.41) is 9.94. The van der Waals surface area contributed by atoms with Crippen LogP contribution in [0.25, 0.3) is 22.4 Å². The van der Waals surface area contributed by atoms with Gasteiger partial charge in [0.1, 0.15) is 5.82 Å². The number of primary amides is 1. The number of phenolic OH excluding ortho intramolecular Hbond substituents is 1. The van der Waals surface area contributed by atoms with Crippen LogP contribution in [0.5, 0.6) is 5.75 Å². The number of nitrogens with two attached hydrogens (primary N) is 1. The van der Waals surface area contributed by atoms with E-state index in [1.165, 1.54) is 10.6 Å². The van der Waals surface area contributed by atoms with Gasteiger partial charge < -0.3 is 15.4 Å². The summed E-state index contributed by atoms with van der Waals surface area (Å²) in [6, 6.07) is 12.6. The molecule has 0 saturated heterocycles. The van der Waals surface area contributed by atoms with Gasteiger partial charge in [-0.1, -0.05) is 18.2 Å². The molecule has 4 rings (SSSR count). The molecule has 0 unspecified atom stereocenters. The molecule has 4 aromatic rings. The van der Waals surface area contributed by atoms with Crippen molar-refractivity contribution in [1.82, 2.24) is 9.13 Å². The molecule has 0 aliphatic rings. The first-order chi connectivity index (χ1) is 12.5. The van der Waals surface area contributed by atoms with Crippen molar-refractivity contribution in [3.63, 3.8) is 0 Å². The van der Waals surface area contributed by atoms with Crippen LogP contribution in [0.3, 0.4) is 0 Å². The predicted molar refractivity (Wildman–Crippen MR) is 92.7 cm³/mol. The van der Waals surface area contributed by atoms with Crippen LogP contribution in [0.1, 0.15) is 10.4 Å². The first kappa shape index (κ1) is 15.9. The van der Waals surface area contributed by atoms with E-state index in [9.17, 15) is 18.7 Å². The van der Waals surface area contributed by atoms with Crippen molar-refractivity contribution < 1.29 is 18.7 Å². The molecule has 0 fully saturated rings. The standard InChI is InChI=1S/C19H13F2N3O2/c20-16-13(7-8-14(25)17(16)21)24-12-6-2-1-5-11(12)15(18(22)26)19(24)23-9-3-4-10-23/h1-10,25H,(H2,22,26). The fourth-order valence-corrected chi connectivity index (χ4v) is 3.14. The van der Waals surface area contributed by atoms with Gasteiger partial charge in [0.25, 0.3) is 5.91 Å². The molecule has 7 heteroatoms. The topological polar surface area (TPSA) is 73.2 Å². The largest absolute Gasteiger partial charge is 0.505 e. The van der Waals surface area contributed by atoms with Gasteiger partial charge in [0.05, 0.1) is 16.8 Å². The summed E-state index contributed by atoms with van der Waals surface area (Å²) in [5.41, 5.74) is 6.12. The third kappa shape index (κ3) is 2.17. The van der Waals surface area contributed by atoms with Gasteiger partial charge in [-0.05, 0) is 30.3 Å². The molecule has 2 aromatic heterocycles. The average Bonchev–Trinajstić information content (AvgIpc) is 3.25. The van der Waals surface area contributed by atoms with Crippen LogP contribution in [0.4, 0.5) is 8.78 Å². The Morgan fingerprint density at radius 3 is 2.35 bits per heavy atom. The van der Waals surface area contributed by atoms with E-state index in [-0.39, 0.29) is 17.1 Å². The molecule has 0 saturated carbocycles. The predicted octanol–water partition coefficient (Wildman–Crippen LogP) is 3.50. The molecule has 2 heterocycles. The first-order valence-electron chi connectivity index (χ1n) is 7.74. The van der Waals surface area contributed by atoms with Crippen molar-refractivity contribution >= 4 is 16.8 Å². The third-order valence-electron chi connectivity index (χ3n) is 4.23. The highest BCUT2D eigenvalue weighted by atomic mass is 19.2. The van der Waals surface area contributed by atoms with Gasteiger partial charge in [0, 0.05) is 17.8 Å². The Morgan fingerprint density at radius 1 is 0.962 bits per heavy atom. The van der Waals surface area contributed by atoms with Crippen molar-refractivity contribution in [3.05, 3.63) is 78.1 Å². The molecule has 0 spiro atoms. The summed E-state index contributed by atoms with van der Waals surface area (Å²) in [4.78, 5) is 12.2. The maximum Gasteiger partial charge on any atom is 0.253 e. The van der Waals surface area contributed by atoms with Crippen molar-refractivity contribution in [3.8, 4) is 17.3 Å². The molecule has 1 amide bonds. The number of halogens is 2. The van der Waals surface area contributed by atoms with Gasteiger partial charge in [-0.25, -0.2) is 4.39 Å². The Hall–Kier alpha value is -3.61. The number of hydrogen-bond acceptors (Lipinski definition) is 2. The highest BCUT2D eigenvalue weighted by molar-refractivity contribution is 6.10. The summed E-state index contributed by atoms with van der Waals surface area (Å²) >= 11 is 0. The Balaban J connectivity index is 2.21. The quantitative estimate of drug-likeness (QED) is 0.592. The number of carbonyl (C=O) groups excluding carboxylic acids is 1. The number of aromatic nitrogens is 2. The molecular formula is C19H13F2N3O2. The van der Waals surface area contributed by atoms with E-state index in [4.69, 9.17) is 5.73 Å². The number of rotatable bonds is 3. The monoisotopic (exact) mass is 353 g/mol. The Labute approximate surface area is 146 Å². The molecular weight excluding hydrogens is 340 g/mol. The number of carbonyl (C=O) groups is 1. The summed E-state index contributed by atoms with van der Waals surface area (Å²) in [6.45, 7) is 0. The fraction of sp³-hybridized carbons (Fsp3) is 0. The van der Waals surface area contributed by atoms with Gasteiger partial charge in [-0.15, -0.1) is 0 Å². The van der Waals surface area contributed by atoms with E-state index in [0.717, 1.165) is 6.07 Å². The minimum atomic E-state index is -1.36. The first-order valence-corrected chi connectivity index (χ1v) is 7.74. The number of fused-ring (bicyclic) bond motifs is 1. The van der Waals surface area contributed by atoms with Crippen LogP contribution in [-0.2, 0) is 0 Å². The number of phenols is 1. The second-order valence-corrected chi connectivity index (χ2v) is 5.74. The Bertz CT molecular complexity index is 1150. The van der Waals surface area contributed by atoms with Gasteiger partial charge in [0.15, 0.2) is 11.6 Å². The van der Waals surface area contributed by atoms with Crippen molar-refractivity contribution in [1.29, 1.82) is 0 Å². The number of aromatic hydroxyl groups is 1. The van der Waals surface area contributed by atoms with Crippen molar-refractivity contribution in [2.45, 2.75) is 0 Å². The average molecular weight is 353 g/mol. The summed E-state index contributed by atoms with van der Waals surface area (Å²) in [7, 11) is 0. The molecule has 0 aliphatic heterocycles. The van der Waals surface area contributed by atoms with E-state index < -0.39 is 23.3 Å². The smallest absolute Gasteiger partial charge is 0.253 e. The lowest BCUT2D eigenvalue weighted by Crippen LogP contribution is -2.15. The number of hydrogen-bond donors (Lipinski definition) is 2. The van der Waals surface area contributed by atoms with Crippen LogP contribution in [0, 0.1) is 11.6 Å². The van der Waals surface area contributed by atoms with Crippen LogP contribution in [0.2, 0.25) is 0 Å². The van der Waals surface area contributed by atoms with Gasteiger partial charge in [-0.2, -0.15) is 4.39 Å². The minimum Gasteiger partial charge on any atom is -0.505 e. The number of para-hydroxylation sites is 1. The van der Waals surface area contributed by atoms with Gasteiger partial charge in [-0.3, -0.25) is 9.36 Å². The van der Waals surface area contributed by atoms with E-state index >= 15 is 0 Å². The zero-order chi connectivity index (χ0) is 18.4. The zero-order valence-electron chi connectivity index (χ0n) is 13.4. The molecule has 0 bridgehead atoms. The molecule has 0 aliphatic carbocycles. The van der Waals surface area contributed by atoms with Gasteiger partial charge >= 0.3 is 0 Å².